The van der Waals surface area contributed by atoms with Gasteiger partial charge in [-0.1, -0.05) is 12.1 Å². The highest BCUT2D eigenvalue weighted by Gasteiger charge is 2.47. The Bertz CT molecular complexity index is 1120. The Morgan fingerprint density at radius 1 is 1.16 bits per heavy atom. The summed E-state index contributed by atoms with van der Waals surface area (Å²) in [6, 6.07) is 12.4. The third-order valence-electron chi connectivity index (χ3n) is 5.43. The van der Waals surface area contributed by atoms with E-state index in [0.29, 0.717) is 28.6 Å². The van der Waals surface area contributed by atoms with Crippen LogP contribution in [0.25, 0.3) is 0 Å². The van der Waals surface area contributed by atoms with Crippen molar-refractivity contribution in [3.63, 3.8) is 0 Å². The lowest BCUT2D eigenvalue weighted by atomic mass is 10.2. The van der Waals surface area contributed by atoms with Gasteiger partial charge >= 0.3 is 10.2 Å². The van der Waals surface area contributed by atoms with Crippen molar-refractivity contribution in [1.82, 2.24) is 5.32 Å². The van der Waals surface area contributed by atoms with E-state index in [4.69, 9.17) is 14.2 Å². The zero-order valence-electron chi connectivity index (χ0n) is 17.0. The van der Waals surface area contributed by atoms with Crippen molar-refractivity contribution in [3.8, 4) is 17.2 Å². The summed E-state index contributed by atoms with van der Waals surface area (Å²) in [5, 5.41) is 2.77. The number of rotatable bonds is 7. The Kier molecular flexibility index (Phi) is 4.81. The quantitative estimate of drug-likeness (QED) is 0.701. The Balaban J connectivity index is 1.20. The van der Waals surface area contributed by atoms with Crippen LogP contribution >= 0.6 is 0 Å². The molecule has 2 heterocycles. The molecule has 1 atom stereocenters. The molecule has 0 radical (unpaired) electrons. The number of nitrogens with one attached hydrogen (secondary N) is 1. The summed E-state index contributed by atoms with van der Waals surface area (Å²) in [7, 11) is -3.64. The largest absolute Gasteiger partial charge is 0.481 e. The van der Waals surface area contributed by atoms with E-state index in [2.05, 4.69) is 5.32 Å². The monoisotopic (exact) mass is 445 g/mol. The number of hydrogen-bond acceptors (Lipinski definition) is 6. The predicted octanol–water partition coefficient (Wildman–Crippen LogP) is 2.03. The lowest BCUT2D eigenvalue weighted by Gasteiger charge is -2.22. The summed E-state index contributed by atoms with van der Waals surface area (Å²) >= 11 is 0. The van der Waals surface area contributed by atoms with Crippen LogP contribution in [-0.4, -0.2) is 46.4 Å². The lowest BCUT2D eigenvalue weighted by Crippen LogP contribution is -2.44. The first-order valence-corrected chi connectivity index (χ1v) is 11.6. The molecule has 0 aromatic heterocycles. The number of amides is 1. The molecule has 2 aromatic carbocycles. The Labute approximate surface area is 180 Å². The van der Waals surface area contributed by atoms with E-state index in [0.717, 1.165) is 12.8 Å². The molecule has 5 rings (SSSR count). The van der Waals surface area contributed by atoms with Crippen molar-refractivity contribution in [2.24, 2.45) is 0 Å². The first-order chi connectivity index (χ1) is 14.9. The molecule has 2 aliphatic heterocycles. The third kappa shape index (κ3) is 3.60. The van der Waals surface area contributed by atoms with Crippen molar-refractivity contribution in [3.05, 3.63) is 42.5 Å². The Hall–Kier alpha value is -3.14. The van der Waals surface area contributed by atoms with Gasteiger partial charge in [0, 0.05) is 18.7 Å². The van der Waals surface area contributed by atoms with Gasteiger partial charge in [0.15, 0.2) is 17.6 Å². The van der Waals surface area contributed by atoms with Crippen LogP contribution in [0.15, 0.2) is 42.5 Å². The van der Waals surface area contributed by atoms with E-state index in [1.807, 2.05) is 18.2 Å². The minimum Gasteiger partial charge on any atom is -0.481 e. The molecule has 1 aliphatic carbocycles. The van der Waals surface area contributed by atoms with Crippen LogP contribution in [0.2, 0.25) is 0 Å². The number of carbonyl (C=O) groups excluding carboxylic acids is 1. The lowest BCUT2D eigenvalue weighted by molar-refractivity contribution is -0.127. The molecule has 0 saturated heterocycles. The molecule has 1 saturated carbocycles. The minimum absolute atomic E-state index is 0.0286. The van der Waals surface area contributed by atoms with Gasteiger partial charge in [0.25, 0.3) is 5.91 Å². The maximum Gasteiger partial charge on any atom is 0.326 e. The zero-order chi connectivity index (χ0) is 21.6. The second kappa shape index (κ2) is 7.52. The smallest absolute Gasteiger partial charge is 0.326 e. The van der Waals surface area contributed by atoms with Crippen LogP contribution in [0.4, 0.5) is 11.4 Å². The van der Waals surface area contributed by atoms with Gasteiger partial charge in [0.05, 0.1) is 17.9 Å². The van der Waals surface area contributed by atoms with Crippen LogP contribution in [0, 0.1) is 0 Å². The fourth-order valence-corrected chi connectivity index (χ4v) is 5.71. The summed E-state index contributed by atoms with van der Waals surface area (Å²) < 4.78 is 45.3. The SMILES string of the molecule is C[C@H](Oc1ccc2c(c1)OCO2)C(=O)NCCN1c2ccccc2N(C2CC2)S1(=O)=O. The maximum absolute atomic E-state index is 13.1. The van der Waals surface area contributed by atoms with Gasteiger partial charge in [-0.3, -0.25) is 4.79 Å². The molecule has 9 nitrogen and oxygen atoms in total. The Morgan fingerprint density at radius 3 is 2.68 bits per heavy atom. The second-order valence-corrected chi connectivity index (χ2v) is 9.39. The summed E-state index contributed by atoms with van der Waals surface area (Å²) in [5.74, 6) is 1.37. The zero-order valence-corrected chi connectivity index (χ0v) is 17.8. The van der Waals surface area contributed by atoms with Gasteiger partial charge in [-0.05, 0) is 44.0 Å². The van der Waals surface area contributed by atoms with Crippen LogP contribution in [0.1, 0.15) is 19.8 Å². The molecular formula is C21H23N3O6S. The molecule has 2 aromatic rings. The van der Waals surface area contributed by atoms with Gasteiger partial charge in [-0.2, -0.15) is 8.42 Å². The summed E-state index contributed by atoms with van der Waals surface area (Å²) in [5.41, 5.74) is 1.35. The molecule has 1 N–H and O–H groups in total. The van der Waals surface area contributed by atoms with E-state index in [1.54, 1.807) is 31.2 Å². The Morgan fingerprint density at radius 2 is 1.90 bits per heavy atom. The molecule has 0 spiro atoms. The number of ether oxygens (including phenoxy) is 3. The van der Waals surface area contributed by atoms with Crippen molar-refractivity contribution in [2.75, 3.05) is 28.5 Å². The van der Waals surface area contributed by atoms with E-state index >= 15 is 0 Å². The molecule has 3 aliphatic rings. The van der Waals surface area contributed by atoms with Gasteiger partial charge in [0.2, 0.25) is 6.79 Å². The number of para-hydroxylation sites is 2. The van der Waals surface area contributed by atoms with Crippen LogP contribution in [0.5, 0.6) is 17.2 Å². The van der Waals surface area contributed by atoms with E-state index in [-0.39, 0.29) is 31.8 Å². The average molecular weight is 445 g/mol. The first-order valence-electron chi connectivity index (χ1n) is 10.2. The first kappa shape index (κ1) is 19.8. The topological polar surface area (TPSA) is 97.4 Å². The highest BCUT2D eigenvalue weighted by molar-refractivity contribution is 7.94. The molecule has 164 valence electrons. The molecule has 0 unspecified atom stereocenters. The number of benzene rings is 2. The molecule has 1 fully saturated rings. The molecule has 0 bridgehead atoms. The predicted molar refractivity (Wildman–Crippen MR) is 114 cm³/mol. The normalized spacial score (nSPS) is 19.1. The van der Waals surface area contributed by atoms with Crippen molar-refractivity contribution in [1.29, 1.82) is 0 Å². The van der Waals surface area contributed by atoms with Crippen molar-refractivity contribution >= 4 is 27.5 Å². The van der Waals surface area contributed by atoms with Gasteiger partial charge in [-0.15, -0.1) is 0 Å². The highest BCUT2D eigenvalue weighted by Crippen LogP contribution is 2.46. The van der Waals surface area contributed by atoms with Gasteiger partial charge in [0.1, 0.15) is 5.75 Å². The third-order valence-corrected chi connectivity index (χ3v) is 7.36. The molecule has 10 heteroatoms. The van der Waals surface area contributed by atoms with Crippen molar-refractivity contribution in [2.45, 2.75) is 31.9 Å². The van der Waals surface area contributed by atoms with Crippen LogP contribution in [-0.2, 0) is 15.0 Å². The standard InChI is InChI=1S/C21H23N3O6S/c1-14(30-16-8-9-19-20(12-16)29-13-28-19)21(25)22-10-11-23-17-4-2-3-5-18(17)24(15-6-7-15)31(23,26)27/h2-5,8-9,12,14-15H,6-7,10-11,13H2,1H3,(H,22,25)/t14-/m0/s1. The number of fused-ring (bicyclic) bond motifs is 2. The molecular weight excluding hydrogens is 422 g/mol. The fourth-order valence-electron chi connectivity index (χ4n) is 3.78. The van der Waals surface area contributed by atoms with Gasteiger partial charge in [-0.25, -0.2) is 8.61 Å². The number of nitrogens with zero attached hydrogens (tertiary/aromatic N) is 2. The summed E-state index contributed by atoms with van der Waals surface area (Å²) in [6.45, 7) is 2.11. The number of hydrogen-bond donors (Lipinski definition) is 1. The van der Waals surface area contributed by atoms with Gasteiger partial charge < -0.3 is 19.5 Å². The highest BCUT2D eigenvalue weighted by atomic mass is 32.2. The van der Waals surface area contributed by atoms with E-state index < -0.39 is 16.3 Å². The van der Waals surface area contributed by atoms with Crippen LogP contribution in [0.3, 0.4) is 0 Å². The minimum atomic E-state index is -3.64. The second-order valence-electron chi connectivity index (χ2n) is 7.66. The maximum atomic E-state index is 13.1. The van der Waals surface area contributed by atoms with Crippen LogP contribution < -0.4 is 28.1 Å². The fraction of sp³-hybridized carbons (Fsp3) is 0.381. The van der Waals surface area contributed by atoms with Crippen molar-refractivity contribution < 1.29 is 27.4 Å². The summed E-state index contributed by atoms with van der Waals surface area (Å²) in [4.78, 5) is 12.5. The molecule has 31 heavy (non-hydrogen) atoms. The van der Waals surface area contributed by atoms with E-state index in [9.17, 15) is 13.2 Å². The number of anilines is 2. The van der Waals surface area contributed by atoms with E-state index in [1.165, 1.54) is 8.61 Å². The summed E-state index contributed by atoms with van der Waals surface area (Å²) in [6.07, 6.45) is 0.977. The molecule has 1 amide bonds. The number of carbonyl (C=O) groups is 1. The average Bonchev–Trinajstić information content (AvgIpc) is 3.41.